The van der Waals surface area contributed by atoms with Gasteiger partial charge in [-0.25, -0.2) is 4.39 Å². The first kappa shape index (κ1) is 19.9. The largest absolute Gasteiger partial charge is 0.494 e. The predicted molar refractivity (Wildman–Crippen MR) is 109 cm³/mol. The summed E-state index contributed by atoms with van der Waals surface area (Å²) in [6.45, 7) is 7.50. The van der Waals surface area contributed by atoms with Gasteiger partial charge in [0.05, 0.1) is 13.2 Å². The van der Waals surface area contributed by atoms with Crippen molar-refractivity contribution in [1.29, 1.82) is 0 Å². The van der Waals surface area contributed by atoms with Gasteiger partial charge in [-0.05, 0) is 49.3 Å². The topological polar surface area (TPSA) is 21.6 Å². The molecule has 0 bridgehead atoms. The Hall–Kier alpha value is -2.42. The smallest absolute Gasteiger partial charge is 0.119 e. The Balaban J connectivity index is 0.00000117. The fourth-order valence-electron chi connectivity index (χ4n) is 2.78. The van der Waals surface area contributed by atoms with Crippen molar-refractivity contribution in [1.82, 2.24) is 0 Å². The van der Waals surface area contributed by atoms with Crippen LogP contribution in [0.5, 0.6) is 5.75 Å². The lowest BCUT2D eigenvalue weighted by atomic mass is 10.1. The summed E-state index contributed by atoms with van der Waals surface area (Å²) >= 11 is 0. The molecule has 1 heterocycles. The Morgan fingerprint density at radius 3 is 2.62 bits per heavy atom. The van der Waals surface area contributed by atoms with Gasteiger partial charge in [0.25, 0.3) is 0 Å². The number of benzene rings is 1. The molecular formula is C23H28FNO. The minimum atomic E-state index is -0.187. The third-order valence-electron chi connectivity index (χ3n) is 4.07. The Kier molecular flexibility index (Phi) is 8.07. The first-order valence-corrected chi connectivity index (χ1v) is 9.33. The summed E-state index contributed by atoms with van der Waals surface area (Å²) in [7, 11) is 0. The SMILES string of the molecule is CC.CC1=CC(Cc2ccc(OCCC3C=CC=CC(F)=C3)cc2)=NC1. The minimum absolute atomic E-state index is 0.0784. The summed E-state index contributed by atoms with van der Waals surface area (Å²) in [5.41, 5.74) is 3.69. The van der Waals surface area contributed by atoms with E-state index in [1.54, 1.807) is 12.2 Å². The number of allylic oxidation sites excluding steroid dienone is 7. The minimum Gasteiger partial charge on any atom is -0.494 e. The molecule has 2 nitrogen and oxygen atoms in total. The third kappa shape index (κ3) is 6.47. The van der Waals surface area contributed by atoms with Crippen LogP contribution >= 0.6 is 0 Å². The number of ether oxygens (including phenoxy) is 1. The van der Waals surface area contributed by atoms with E-state index in [0.29, 0.717) is 6.61 Å². The van der Waals surface area contributed by atoms with Crippen LogP contribution in [-0.2, 0) is 6.42 Å². The molecule has 0 N–H and O–H groups in total. The molecule has 3 heteroatoms. The molecule has 1 aliphatic carbocycles. The van der Waals surface area contributed by atoms with Crippen molar-refractivity contribution in [3.05, 3.63) is 77.7 Å². The molecule has 0 saturated heterocycles. The Morgan fingerprint density at radius 2 is 1.92 bits per heavy atom. The van der Waals surface area contributed by atoms with E-state index in [1.807, 2.05) is 38.1 Å². The van der Waals surface area contributed by atoms with E-state index in [1.165, 1.54) is 17.2 Å². The predicted octanol–water partition coefficient (Wildman–Crippen LogP) is 6.02. The van der Waals surface area contributed by atoms with E-state index in [0.717, 1.165) is 30.8 Å². The number of hydrogen-bond acceptors (Lipinski definition) is 2. The van der Waals surface area contributed by atoms with E-state index in [-0.39, 0.29) is 11.7 Å². The van der Waals surface area contributed by atoms with Gasteiger partial charge in [0.15, 0.2) is 0 Å². The molecular weight excluding hydrogens is 325 g/mol. The molecule has 0 fully saturated rings. The first-order valence-electron chi connectivity index (χ1n) is 9.33. The Labute approximate surface area is 156 Å². The normalized spacial score (nSPS) is 18.3. The Bertz CT molecular complexity index is 723. The van der Waals surface area contributed by atoms with Gasteiger partial charge < -0.3 is 4.74 Å². The quantitative estimate of drug-likeness (QED) is 0.613. The number of aliphatic imine (C=N–C) groups is 1. The van der Waals surface area contributed by atoms with Crippen molar-refractivity contribution >= 4 is 5.71 Å². The lowest BCUT2D eigenvalue weighted by molar-refractivity contribution is 0.300. The monoisotopic (exact) mass is 353 g/mol. The zero-order valence-electron chi connectivity index (χ0n) is 15.9. The van der Waals surface area contributed by atoms with E-state index >= 15 is 0 Å². The van der Waals surface area contributed by atoms with Gasteiger partial charge in [-0.15, -0.1) is 0 Å². The molecule has 3 rings (SSSR count). The molecule has 0 saturated carbocycles. The van der Waals surface area contributed by atoms with Crippen LogP contribution in [0.25, 0.3) is 0 Å². The fourth-order valence-corrected chi connectivity index (χ4v) is 2.78. The Morgan fingerprint density at radius 1 is 1.15 bits per heavy atom. The van der Waals surface area contributed by atoms with Crippen molar-refractivity contribution in [2.75, 3.05) is 13.2 Å². The number of nitrogens with zero attached hydrogens (tertiary/aromatic N) is 1. The van der Waals surface area contributed by atoms with Crippen molar-refractivity contribution in [2.45, 2.75) is 33.6 Å². The molecule has 1 unspecified atom stereocenters. The molecule has 2 aliphatic rings. The number of hydrogen-bond donors (Lipinski definition) is 0. The lowest BCUT2D eigenvalue weighted by Crippen LogP contribution is -2.04. The van der Waals surface area contributed by atoms with Gasteiger partial charge >= 0.3 is 0 Å². The summed E-state index contributed by atoms with van der Waals surface area (Å²) in [4.78, 5) is 4.49. The van der Waals surface area contributed by atoms with E-state index in [9.17, 15) is 4.39 Å². The highest BCUT2D eigenvalue weighted by Crippen LogP contribution is 2.18. The highest BCUT2D eigenvalue weighted by molar-refractivity contribution is 5.98. The summed E-state index contributed by atoms with van der Waals surface area (Å²) in [5, 5.41) is 0. The summed E-state index contributed by atoms with van der Waals surface area (Å²) in [5.74, 6) is 0.738. The molecule has 0 amide bonds. The van der Waals surface area contributed by atoms with Gasteiger partial charge in [0.2, 0.25) is 0 Å². The van der Waals surface area contributed by atoms with Crippen molar-refractivity contribution in [2.24, 2.45) is 10.9 Å². The second kappa shape index (κ2) is 10.5. The van der Waals surface area contributed by atoms with Gasteiger partial charge in [0, 0.05) is 18.1 Å². The fraction of sp³-hybridized carbons (Fsp3) is 0.348. The molecule has 0 spiro atoms. The average Bonchev–Trinajstić information content (AvgIpc) is 2.94. The standard InChI is InChI=1S/C21H22FNO.C2H6/c1-16-12-20(23-15-16)14-18-6-8-21(9-7-18)24-11-10-17-4-2-3-5-19(22)13-17;1-2/h2-9,12-13,17H,10-11,14-15H2,1H3;1-2H3. The molecule has 1 aliphatic heterocycles. The molecule has 1 aromatic rings. The maximum atomic E-state index is 13.4. The van der Waals surface area contributed by atoms with E-state index in [2.05, 4.69) is 30.1 Å². The molecule has 1 atom stereocenters. The van der Waals surface area contributed by atoms with Gasteiger partial charge in [-0.2, -0.15) is 0 Å². The zero-order valence-corrected chi connectivity index (χ0v) is 15.9. The van der Waals surface area contributed by atoms with Crippen LogP contribution in [0.15, 0.2) is 77.1 Å². The molecule has 26 heavy (non-hydrogen) atoms. The van der Waals surface area contributed by atoms with Crippen molar-refractivity contribution in [3.63, 3.8) is 0 Å². The van der Waals surface area contributed by atoms with Crippen LogP contribution in [0.3, 0.4) is 0 Å². The highest BCUT2D eigenvalue weighted by Gasteiger charge is 2.07. The van der Waals surface area contributed by atoms with E-state index < -0.39 is 0 Å². The first-order chi connectivity index (χ1) is 12.7. The summed E-state index contributed by atoms with van der Waals surface area (Å²) < 4.78 is 19.1. The summed E-state index contributed by atoms with van der Waals surface area (Å²) in [6, 6.07) is 8.13. The van der Waals surface area contributed by atoms with Crippen molar-refractivity contribution in [3.8, 4) is 5.75 Å². The second-order valence-electron chi connectivity index (χ2n) is 6.22. The van der Waals surface area contributed by atoms with Crippen LogP contribution in [0.2, 0.25) is 0 Å². The second-order valence-corrected chi connectivity index (χ2v) is 6.22. The highest BCUT2D eigenvalue weighted by atomic mass is 19.1. The molecule has 1 aromatic carbocycles. The average molecular weight is 353 g/mol. The van der Waals surface area contributed by atoms with Crippen molar-refractivity contribution < 1.29 is 9.13 Å². The molecule has 0 aromatic heterocycles. The number of rotatable bonds is 6. The van der Waals surface area contributed by atoms with Gasteiger partial charge in [0.1, 0.15) is 11.6 Å². The van der Waals surface area contributed by atoms with Crippen LogP contribution in [-0.4, -0.2) is 18.9 Å². The third-order valence-corrected chi connectivity index (χ3v) is 4.07. The zero-order chi connectivity index (χ0) is 18.8. The lowest BCUT2D eigenvalue weighted by Gasteiger charge is -2.10. The maximum absolute atomic E-state index is 13.4. The van der Waals surface area contributed by atoms with Gasteiger partial charge in [-0.1, -0.05) is 49.8 Å². The van der Waals surface area contributed by atoms with Crippen LogP contribution in [0, 0.1) is 5.92 Å². The van der Waals surface area contributed by atoms with Crippen LogP contribution in [0.4, 0.5) is 4.39 Å². The molecule has 138 valence electrons. The molecule has 0 radical (unpaired) electrons. The van der Waals surface area contributed by atoms with Crippen LogP contribution < -0.4 is 4.74 Å². The number of halogens is 1. The van der Waals surface area contributed by atoms with Crippen LogP contribution in [0.1, 0.15) is 32.8 Å². The summed E-state index contributed by atoms with van der Waals surface area (Å²) in [6.07, 6.45) is 12.5. The van der Waals surface area contributed by atoms with Gasteiger partial charge in [-0.3, -0.25) is 4.99 Å². The maximum Gasteiger partial charge on any atom is 0.119 e. The van der Waals surface area contributed by atoms with E-state index in [4.69, 9.17) is 4.74 Å².